The molecular formula is C28H27NO9. The maximum Gasteiger partial charge on any atom is 0.305 e. The number of aliphatic carboxylic acids is 1. The van der Waals surface area contributed by atoms with Crippen LogP contribution in [0.4, 0.5) is 0 Å². The molecule has 4 atom stereocenters. The number of Topliss-reactive ketones (excluding diaryl/α,β-unsaturated/α-hetero) is 1. The SMILES string of the molecule is COc1cc(C2C3=CCC4C(=O)N(CCC(=O)O)C(=O)C4C3CC3=C2C(=O)C(C)=CC3=O)cc(OC)c1O. The Morgan fingerprint density at radius 3 is 2.32 bits per heavy atom. The molecule has 1 heterocycles. The van der Waals surface area contributed by atoms with Gasteiger partial charge >= 0.3 is 5.97 Å². The van der Waals surface area contributed by atoms with Crippen LogP contribution in [0.1, 0.15) is 37.7 Å². The number of carbonyl (C=O) groups is 5. The number of ether oxygens (including phenoxy) is 2. The number of nitrogens with zero attached hydrogens (tertiary/aromatic N) is 1. The number of carboxylic acids is 1. The minimum atomic E-state index is -1.12. The third-order valence-corrected chi connectivity index (χ3v) is 8.04. The molecule has 4 aliphatic rings. The van der Waals surface area contributed by atoms with Crippen LogP contribution in [-0.2, 0) is 24.0 Å². The Balaban J connectivity index is 1.66. The Morgan fingerprint density at radius 2 is 1.71 bits per heavy atom. The zero-order valence-electron chi connectivity index (χ0n) is 21.1. The van der Waals surface area contributed by atoms with Crippen LogP contribution in [0.5, 0.6) is 17.2 Å². The van der Waals surface area contributed by atoms with E-state index < -0.39 is 41.5 Å². The van der Waals surface area contributed by atoms with E-state index in [9.17, 15) is 29.1 Å². The van der Waals surface area contributed by atoms with Gasteiger partial charge in [-0.15, -0.1) is 0 Å². The van der Waals surface area contributed by atoms with E-state index in [1.807, 2.05) is 6.08 Å². The first-order chi connectivity index (χ1) is 18.1. The fourth-order valence-electron chi connectivity index (χ4n) is 6.31. The molecule has 198 valence electrons. The molecule has 10 nitrogen and oxygen atoms in total. The summed E-state index contributed by atoms with van der Waals surface area (Å²) in [5.74, 6) is -5.28. The number of aromatic hydroxyl groups is 1. The van der Waals surface area contributed by atoms with Crippen molar-refractivity contribution in [2.24, 2.45) is 17.8 Å². The molecule has 0 bridgehead atoms. The summed E-state index contributed by atoms with van der Waals surface area (Å²) in [6, 6.07) is 3.16. The largest absolute Gasteiger partial charge is 0.502 e. The zero-order valence-corrected chi connectivity index (χ0v) is 21.1. The molecule has 10 heteroatoms. The number of rotatable bonds is 6. The summed E-state index contributed by atoms with van der Waals surface area (Å²) in [6.45, 7) is 1.36. The first-order valence-corrected chi connectivity index (χ1v) is 12.3. The maximum atomic E-state index is 13.5. The number of benzene rings is 1. The molecule has 0 saturated carbocycles. The number of likely N-dealkylation sites (tertiary alicyclic amines) is 1. The van der Waals surface area contributed by atoms with E-state index in [-0.39, 0.29) is 54.6 Å². The topological polar surface area (TPSA) is 148 Å². The lowest BCUT2D eigenvalue weighted by atomic mass is 9.59. The van der Waals surface area contributed by atoms with Crippen molar-refractivity contribution in [3.05, 3.63) is 52.1 Å². The van der Waals surface area contributed by atoms with E-state index in [2.05, 4.69) is 0 Å². The third kappa shape index (κ3) is 3.74. The van der Waals surface area contributed by atoms with Crippen molar-refractivity contribution in [2.75, 3.05) is 20.8 Å². The number of imide groups is 1. The van der Waals surface area contributed by atoms with Gasteiger partial charge in [0.05, 0.1) is 32.5 Å². The highest BCUT2D eigenvalue weighted by atomic mass is 16.5. The van der Waals surface area contributed by atoms with Gasteiger partial charge in [0.25, 0.3) is 0 Å². The number of allylic oxidation sites excluding steroid dienone is 6. The number of hydrogen-bond acceptors (Lipinski definition) is 8. The highest BCUT2D eigenvalue weighted by molar-refractivity contribution is 6.23. The second-order valence-electron chi connectivity index (χ2n) is 9.97. The van der Waals surface area contributed by atoms with Gasteiger partial charge in [-0.1, -0.05) is 11.6 Å². The first kappa shape index (κ1) is 25.4. The van der Waals surface area contributed by atoms with Crippen molar-refractivity contribution in [3.63, 3.8) is 0 Å². The molecule has 0 aromatic heterocycles. The fraction of sp³-hybridized carbons (Fsp3) is 0.393. The van der Waals surface area contributed by atoms with Gasteiger partial charge in [-0.3, -0.25) is 28.9 Å². The molecule has 3 aliphatic carbocycles. The van der Waals surface area contributed by atoms with Gasteiger partial charge in [0.2, 0.25) is 17.6 Å². The Kier molecular flexibility index (Phi) is 6.21. The summed E-state index contributed by atoms with van der Waals surface area (Å²) in [5.41, 5.74) is 2.18. The van der Waals surface area contributed by atoms with Crippen LogP contribution in [-0.4, -0.2) is 65.2 Å². The number of fused-ring (bicyclic) bond motifs is 3. The van der Waals surface area contributed by atoms with Gasteiger partial charge in [0, 0.05) is 29.2 Å². The summed E-state index contributed by atoms with van der Waals surface area (Å²) in [5, 5.41) is 19.6. The standard InChI is InChI=1S/C28H27NO9/c1-12-8-18(30)17-11-16-14(4-5-15-23(16)28(36)29(27(15)35)7-6-21(31)32)22(24(17)25(12)33)13-9-19(37-2)26(34)20(10-13)38-3/h4,8-10,15-16,22-23,34H,5-7,11H2,1-3H3,(H,31,32). The van der Waals surface area contributed by atoms with Crippen LogP contribution in [0, 0.1) is 17.8 Å². The van der Waals surface area contributed by atoms with Crippen molar-refractivity contribution in [2.45, 2.75) is 32.1 Å². The third-order valence-electron chi connectivity index (χ3n) is 8.04. The van der Waals surface area contributed by atoms with E-state index in [0.717, 1.165) is 10.5 Å². The van der Waals surface area contributed by atoms with Gasteiger partial charge in [-0.05, 0) is 49.5 Å². The summed E-state index contributed by atoms with van der Waals surface area (Å²) < 4.78 is 10.7. The Labute approximate surface area is 218 Å². The number of carboxylic acid groups (broad SMARTS) is 1. The molecule has 1 fully saturated rings. The van der Waals surface area contributed by atoms with E-state index in [0.29, 0.717) is 22.3 Å². The van der Waals surface area contributed by atoms with Crippen LogP contribution in [0.15, 0.2) is 46.6 Å². The van der Waals surface area contributed by atoms with Gasteiger partial charge < -0.3 is 19.7 Å². The zero-order chi connectivity index (χ0) is 27.5. The molecule has 1 saturated heterocycles. The summed E-state index contributed by atoms with van der Waals surface area (Å²) in [7, 11) is 2.77. The lowest BCUT2D eigenvalue weighted by Crippen LogP contribution is -2.40. The Hall–Kier alpha value is -4.21. The smallest absolute Gasteiger partial charge is 0.305 e. The molecule has 5 rings (SSSR count). The molecular weight excluding hydrogens is 494 g/mol. The number of methoxy groups -OCH3 is 2. The van der Waals surface area contributed by atoms with Crippen LogP contribution in [0.3, 0.4) is 0 Å². The van der Waals surface area contributed by atoms with Crippen molar-refractivity contribution < 1.29 is 43.7 Å². The lowest BCUT2D eigenvalue weighted by molar-refractivity contribution is -0.142. The fourth-order valence-corrected chi connectivity index (χ4v) is 6.31. The van der Waals surface area contributed by atoms with E-state index in [1.54, 1.807) is 19.1 Å². The molecule has 1 aromatic rings. The number of ketones is 2. The highest BCUT2D eigenvalue weighted by Crippen LogP contribution is 2.56. The summed E-state index contributed by atoms with van der Waals surface area (Å²) >= 11 is 0. The molecule has 1 aromatic carbocycles. The number of hydrogen-bond donors (Lipinski definition) is 2. The molecule has 38 heavy (non-hydrogen) atoms. The molecule has 1 aliphatic heterocycles. The van der Waals surface area contributed by atoms with E-state index in [1.165, 1.54) is 20.3 Å². The highest BCUT2D eigenvalue weighted by Gasteiger charge is 2.56. The minimum Gasteiger partial charge on any atom is -0.502 e. The monoisotopic (exact) mass is 521 g/mol. The van der Waals surface area contributed by atoms with Crippen molar-refractivity contribution in [1.29, 1.82) is 0 Å². The normalized spacial score (nSPS) is 26.4. The first-order valence-electron chi connectivity index (χ1n) is 12.3. The molecule has 2 N–H and O–H groups in total. The lowest BCUT2D eigenvalue weighted by Gasteiger charge is -2.42. The van der Waals surface area contributed by atoms with Gasteiger partial charge in [0.1, 0.15) is 0 Å². The average molecular weight is 522 g/mol. The predicted molar refractivity (Wildman–Crippen MR) is 132 cm³/mol. The number of phenolic OH excluding ortho intramolecular Hbond substituents is 1. The second kappa shape index (κ2) is 9.27. The van der Waals surface area contributed by atoms with Crippen molar-refractivity contribution in [1.82, 2.24) is 4.90 Å². The minimum absolute atomic E-state index is 0.116. The van der Waals surface area contributed by atoms with Crippen molar-refractivity contribution >= 4 is 29.4 Å². The number of amides is 2. The summed E-state index contributed by atoms with van der Waals surface area (Å²) in [4.78, 5) is 65.4. The second-order valence-corrected chi connectivity index (χ2v) is 9.97. The average Bonchev–Trinajstić information content (AvgIpc) is 3.14. The van der Waals surface area contributed by atoms with Gasteiger partial charge in [-0.25, -0.2) is 0 Å². The number of phenols is 1. The summed E-state index contributed by atoms with van der Waals surface area (Å²) in [6.07, 6.45) is 3.16. The quantitative estimate of drug-likeness (QED) is 0.327. The molecule has 4 unspecified atom stereocenters. The molecule has 2 amide bonds. The predicted octanol–water partition coefficient (Wildman–Crippen LogP) is 2.31. The van der Waals surface area contributed by atoms with Crippen LogP contribution < -0.4 is 9.47 Å². The molecule has 0 radical (unpaired) electrons. The van der Waals surface area contributed by atoms with Crippen LogP contribution in [0.2, 0.25) is 0 Å². The van der Waals surface area contributed by atoms with E-state index >= 15 is 0 Å². The Morgan fingerprint density at radius 1 is 1.05 bits per heavy atom. The van der Waals surface area contributed by atoms with Gasteiger partial charge in [-0.2, -0.15) is 0 Å². The Bertz CT molecular complexity index is 1370. The van der Waals surface area contributed by atoms with Gasteiger partial charge in [0.15, 0.2) is 23.1 Å². The molecule has 0 spiro atoms. The van der Waals surface area contributed by atoms with E-state index in [4.69, 9.17) is 14.6 Å². The maximum absolute atomic E-state index is 13.5. The number of carbonyl (C=O) groups excluding carboxylic acids is 4. The van der Waals surface area contributed by atoms with Crippen molar-refractivity contribution in [3.8, 4) is 17.2 Å². The van der Waals surface area contributed by atoms with Crippen LogP contribution in [0.25, 0.3) is 0 Å². The van der Waals surface area contributed by atoms with Crippen LogP contribution >= 0.6 is 0 Å².